The van der Waals surface area contributed by atoms with Crippen molar-refractivity contribution < 1.29 is 0 Å². The lowest BCUT2D eigenvalue weighted by atomic mass is 10.1. The fourth-order valence-corrected chi connectivity index (χ4v) is 3.19. The van der Waals surface area contributed by atoms with Crippen LogP contribution in [0.15, 0.2) is 28.2 Å². The molecule has 1 unspecified atom stereocenters. The van der Waals surface area contributed by atoms with Crippen LogP contribution in [0.2, 0.25) is 0 Å². The van der Waals surface area contributed by atoms with E-state index in [-0.39, 0.29) is 0 Å². The molecule has 0 amide bonds. The molecule has 68 valence electrons. The molecule has 0 spiro atoms. The quantitative estimate of drug-likeness (QED) is 0.722. The monoisotopic (exact) mass is 254 g/mol. The van der Waals surface area contributed by atoms with E-state index >= 15 is 0 Å². The van der Waals surface area contributed by atoms with Crippen LogP contribution in [0.25, 0.3) is 6.08 Å². The minimum atomic E-state index is 0.562. The Morgan fingerprint density at radius 1 is 1.38 bits per heavy atom. The van der Waals surface area contributed by atoms with Crippen molar-refractivity contribution in [3.8, 4) is 0 Å². The molecule has 0 aromatic heterocycles. The average molecular weight is 255 g/mol. The SMILES string of the molecule is CSC1C(C)=Cc2c(Br)cccc21. The first kappa shape index (κ1) is 9.35. The third-order valence-electron chi connectivity index (χ3n) is 2.39. The van der Waals surface area contributed by atoms with E-state index in [0.29, 0.717) is 5.25 Å². The zero-order valence-electron chi connectivity index (χ0n) is 7.67. The minimum Gasteiger partial charge on any atom is -0.153 e. The van der Waals surface area contributed by atoms with Crippen LogP contribution in [0.4, 0.5) is 0 Å². The van der Waals surface area contributed by atoms with Gasteiger partial charge in [-0.3, -0.25) is 0 Å². The molecular formula is C11H11BrS. The number of hydrogen-bond acceptors (Lipinski definition) is 1. The van der Waals surface area contributed by atoms with Gasteiger partial charge in [-0.15, -0.1) is 0 Å². The van der Waals surface area contributed by atoms with Crippen LogP contribution < -0.4 is 0 Å². The highest BCUT2D eigenvalue weighted by Crippen LogP contribution is 2.44. The zero-order valence-corrected chi connectivity index (χ0v) is 10.1. The highest BCUT2D eigenvalue weighted by Gasteiger charge is 2.22. The first-order valence-corrected chi connectivity index (χ1v) is 6.31. The van der Waals surface area contributed by atoms with E-state index in [1.165, 1.54) is 21.2 Å². The second-order valence-corrected chi connectivity index (χ2v) is 5.04. The summed E-state index contributed by atoms with van der Waals surface area (Å²) in [5.41, 5.74) is 4.26. The van der Waals surface area contributed by atoms with E-state index in [2.05, 4.69) is 53.4 Å². The Hall–Kier alpha value is -0.210. The van der Waals surface area contributed by atoms with E-state index in [1.807, 2.05) is 11.8 Å². The molecule has 0 heterocycles. The summed E-state index contributed by atoms with van der Waals surface area (Å²) in [6.45, 7) is 2.20. The van der Waals surface area contributed by atoms with Crippen molar-refractivity contribution in [2.75, 3.05) is 6.26 Å². The van der Waals surface area contributed by atoms with Gasteiger partial charge < -0.3 is 0 Å². The number of thioether (sulfide) groups is 1. The molecule has 1 aliphatic rings. The maximum Gasteiger partial charge on any atom is 0.0510 e. The molecular weight excluding hydrogens is 244 g/mol. The van der Waals surface area contributed by atoms with Gasteiger partial charge in [-0.2, -0.15) is 11.8 Å². The van der Waals surface area contributed by atoms with Crippen LogP contribution in [-0.4, -0.2) is 6.26 Å². The van der Waals surface area contributed by atoms with Crippen molar-refractivity contribution in [2.24, 2.45) is 0 Å². The molecule has 2 rings (SSSR count). The summed E-state index contributed by atoms with van der Waals surface area (Å²) < 4.78 is 1.21. The number of fused-ring (bicyclic) bond motifs is 1. The molecule has 0 saturated heterocycles. The fraction of sp³-hybridized carbons (Fsp3) is 0.273. The predicted molar refractivity (Wildman–Crippen MR) is 64.0 cm³/mol. The largest absolute Gasteiger partial charge is 0.153 e. The lowest BCUT2D eigenvalue weighted by Crippen LogP contribution is -1.90. The highest BCUT2D eigenvalue weighted by atomic mass is 79.9. The number of hydrogen-bond donors (Lipinski definition) is 0. The molecule has 1 aromatic rings. The Balaban J connectivity index is 2.57. The van der Waals surface area contributed by atoms with Gasteiger partial charge in [0.05, 0.1) is 5.25 Å². The third kappa shape index (κ3) is 1.46. The smallest absolute Gasteiger partial charge is 0.0510 e. The van der Waals surface area contributed by atoms with Gasteiger partial charge >= 0.3 is 0 Å². The summed E-state index contributed by atoms with van der Waals surface area (Å²) >= 11 is 5.48. The van der Waals surface area contributed by atoms with Gasteiger partial charge in [0, 0.05) is 4.47 Å². The minimum absolute atomic E-state index is 0.562. The summed E-state index contributed by atoms with van der Waals surface area (Å²) in [6.07, 6.45) is 4.44. The number of halogens is 1. The Morgan fingerprint density at radius 3 is 2.85 bits per heavy atom. The molecule has 1 aliphatic carbocycles. The molecule has 0 radical (unpaired) electrons. The second-order valence-electron chi connectivity index (χ2n) is 3.25. The van der Waals surface area contributed by atoms with Gasteiger partial charge in [0.15, 0.2) is 0 Å². The Bertz CT molecular complexity index is 368. The molecule has 2 heteroatoms. The van der Waals surface area contributed by atoms with E-state index in [1.54, 1.807) is 0 Å². The number of benzene rings is 1. The Kier molecular flexibility index (Phi) is 2.52. The first-order valence-electron chi connectivity index (χ1n) is 4.23. The van der Waals surface area contributed by atoms with Crippen LogP contribution in [0.5, 0.6) is 0 Å². The fourth-order valence-electron chi connectivity index (χ4n) is 1.80. The van der Waals surface area contributed by atoms with Crippen LogP contribution >= 0.6 is 27.7 Å². The Morgan fingerprint density at radius 2 is 2.15 bits per heavy atom. The summed E-state index contributed by atoms with van der Waals surface area (Å²) in [5.74, 6) is 0. The number of rotatable bonds is 1. The molecule has 0 saturated carbocycles. The van der Waals surface area contributed by atoms with Gasteiger partial charge in [-0.05, 0) is 30.4 Å². The predicted octanol–water partition coefficient (Wildman–Crippen LogP) is 4.27. The van der Waals surface area contributed by atoms with Crippen molar-refractivity contribution in [3.05, 3.63) is 39.4 Å². The van der Waals surface area contributed by atoms with Crippen LogP contribution in [0.1, 0.15) is 23.3 Å². The summed E-state index contributed by atoms with van der Waals surface area (Å²) in [5, 5.41) is 0.562. The van der Waals surface area contributed by atoms with Gasteiger partial charge in [0.25, 0.3) is 0 Å². The van der Waals surface area contributed by atoms with Crippen molar-refractivity contribution in [3.63, 3.8) is 0 Å². The van der Waals surface area contributed by atoms with Crippen LogP contribution in [0.3, 0.4) is 0 Å². The van der Waals surface area contributed by atoms with E-state index in [0.717, 1.165) is 0 Å². The van der Waals surface area contributed by atoms with Gasteiger partial charge in [-0.1, -0.05) is 39.7 Å². The lowest BCUT2D eigenvalue weighted by molar-refractivity contribution is 1.16. The molecule has 0 aliphatic heterocycles. The van der Waals surface area contributed by atoms with E-state index in [4.69, 9.17) is 0 Å². The normalized spacial score (nSPS) is 19.9. The molecule has 0 fully saturated rings. The molecule has 13 heavy (non-hydrogen) atoms. The van der Waals surface area contributed by atoms with Crippen molar-refractivity contribution in [1.82, 2.24) is 0 Å². The molecule has 1 aromatic carbocycles. The van der Waals surface area contributed by atoms with E-state index < -0.39 is 0 Å². The highest BCUT2D eigenvalue weighted by molar-refractivity contribution is 9.10. The Labute approximate surface area is 91.6 Å². The van der Waals surface area contributed by atoms with Crippen molar-refractivity contribution >= 4 is 33.8 Å². The molecule has 1 atom stereocenters. The van der Waals surface area contributed by atoms with Crippen LogP contribution in [0, 0.1) is 0 Å². The molecule has 0 N–H and O–H groups in total. The summed E-state index contributed by atoms with van der Waals surface area (Å²) in [6, 6.07) is 6.43. The van der Waals surface area contributed by atoms with Crippen molar-refractivity contribution in [1.29, 1.82) is 0 Å². The molecule has 0 bridgehead atoms. The topological polar surface area (TPSA) is 0 Å². The van der Waals surface area contributed by atoms with E-state index in [9.17, 15) is 0 Å². The standard InChI is InChI=1S/C11H11BrS/c1-7-6-9-8(11(7)13-2)4-3-5-10(9)12/h3-6,11H,1-2H3. The van der Waals surface area contributed by atoms with Gasteiger partial charge in [-0.25, -0.2) is 0 Å². The maximum absolute atomic E-state index is 3.58. The van der Waals surface area contributed by atoms with Crippen molar-refractivity contribution in [2.45, 2.75) is 12.2 Å². The summed E-state index contributed by atoms with van der Waals surface area (Å²) in [4.78, 5) is 0. The first-order chi connectivity index (χ1) is 6.24. The average Bonchev–Trinajstić information content (AvgIpc) is 2.43. The lowest BCUT2D eigenvalue weighted by Gasteiger charge is -2.10. The van der Waals surface area contributed by atoms with Gasteiger partial charge in [0.2, 0.25) is 0 Å². The van der Waals surface area contributed by atoms with Gasteiger partial charge in [0.1, 0.15) is 0 Å². The van der Waals surface area contributed by atoms with Crippen LogP contribution in [-0.2, 0) is 0 Å². The zero-order chi connectivity index (χ0) is 9.42. The third-order valence-corrected chi connectivity index (χ3v) is 4.18. The second kappa shape index (κ2) is 3.50. The maximum atomic E-state index is 3.58. The summed E-state index contributed by atoms with van der Waals surface area (Å²) in [7, 11) is 0. The molecule has 0 nitrogen and oxygen atoms in total.